The van der Waals surface area contributed by atoms with Gasteiger partial charge in [0.2, 0.25) is 0 Å². The van der Waals surface area contributed by atoms with Crippen LogP contribution in [0.15, 0.2) is 12.1 Å². The van der Waals surface area contributed by atoms with Crippen molar-refractivity contribution in [2.45, 2.75) is 19.9 Å². The van der Waals surface area contributed by atoms with E-state index in [0.29, 0.717) is 0 Å². The Labute approximate surface area is 84.5 Å². The Morgan fingerprint density at radius 1 is 1.43 bits per heavy atom. The van der Waals surface area contributed by atoms with Crippen LogP contribution in [0.1, 0.15) is 22.7 Å². The molecule has 1 unspecified atom stereocenters. The first-order valence-electron chi connectivity index (χ1n) is 4.61. The van der Waals surface area contributed by atoms with Crippen molar-refractivity contribution in [1.82, 2.24) is 0 Å². The number of aliphatic hydroxyl groups excluding tert-OH is 1. The molecule has 0 radical (unpaired) electrons. The molecule has 0 spiro atoms. The Morgan fingerprint density at radius 2 is 2.07 bits per heavy atom. The SMILES string of the molecule is COc1cc(C(N)CO)cc(C)c1C. The van der Waals surface area contributed by atoms with E-state index in [4.69, 9.17) is 15.6 Å². The van der Waals surface area contributed by atoms with Crippen LogP contribution in [0.25, 0.3) is 0 Å². The van der Waals surface area contributed by atoms with E-state index in [1.165, 1.54) is 0 Å². The third-order valence-electron chi connectivity index (χ3n) is 2.49. The zero-order valence-electron chi connectivity index (χ0n) is 8.87. The van der Waals surface area contributed by atoms with E-state index < -0.39 is 0 Å². The van der Waals surface area contributed by atoms with Gasteiger partial charge in [-0.15, -0.1) is 0 Å². The maximum atomic E-state index is 8.95. The lowest BCUT2D eigenvalue weighted by molar-refractivity contribution is 0.267. The van der Waals surface area contributed by atoms with Gasteiger partial charge in [0, 0.05) is 0 Å². The second-order valence-electron chi connectivity index (χ2n) is 3.45. The molecular weight excluding hydrogens is 178 g/mol. The third-order valence-corrected chi connectivity index (χ3v) is 2.49. The summed E-state index contributed by atoms with van der Waals surface area (Å²) in [6.45, 7) is 3.96. The molecular formula is C11H17NO2. The van der Waals surface area contributed by atoms with Crippen LogP contribution in [-0.2, 0) is 0 Å². The quantitative estimate of drug-likeness (QED) is 0.764. The van der Waals surface area contributed by atoms with Crippen LogP contribution >= 0.6 is 0 Å². The molecule has 3 nitrogen and oxygen atoms in total. The van der Waals surface area contributed by atoms with Crippen LogP contribution in [0.5, 0.6) is 5.75 Å². The van der Waals surface area contributed by atoms with Gasteiger partial charge in [0.15, 0.2) is 0 Å². The van der Waals surface area contributed by atoms with Gasteiger partial charge >= 0.3 is 0 Å². The van der Waals surface area contributed by atoms with Crippen molar-refractivity contribution in [3.8, 4) is 5.75 Å². The summed E-state index contributed by atoms with van der Waals surface area (Å²) in [6.07, 6.45) is 0. The van der Waals surface area contributed by atoms with Crippen LogP contribution in [0, 0.1) is 13.8 Å². The fourth-order valence-electron chi connectivity index (χ4n) is 1.39. The smallest absolute Gasteiger partial charge is 0.122 e. The van der Waals surface area contributed by atoms with E-state index in [2.05, 4.69) is 0 Å². The molecule has 0 bridgehead atoms. The topological polar surface area (TPSA) is 55.5 Å². The lowest BCUT2D eigenvalue weighted by atomic mass is 10.0. The van der Waals surface area contributed by atoms with Gasteiger partial charge in [0.1, 0.15) is 5.75 Å². The number of ether oxygens (including phenoxy) is 1. The minimum atomic E-state index is -0.330. The number of benzene rings is 1. The standard InChI is InChI=1S/C11H17NO2/c1-7-4-9(10(12)6-13)5-11(14-3)8(7)2/h4-5,10,13H,6,12H2,1-3H3. The zero-order valence-corrected chi connectivity index (χ0v) is 8.87. The second-order valence-corrected chi connectivity index (χ2v) is 3.45. The summed E-state index contributed by atoms with van der Waals surface area (Å²) in [5, 5.41) is 8.95. The summed E-state index contributed by atoms with van der Waals surface area (Å²) < 4.78 is 5.22. The Balaban J connectivity index is 3.16. The molecule has 78 valence electrons. The van der Waals surface area contributed by atoms with E-state index >= 15 is 0 Å². The Hall–Kier alpha value is -1.06. The molecule has 1 aromatic carbocycles. The molecule has 0 heterocycles. The molecule has 1 atom stereocenters. The average Bonchev–Trinajstić information content (AvgIpc) is 2.20. The maximum Gasteiger partial charge on any atom is 0.122 e. The van der Waals surface area contributed by atoms with Gasteiger partial charge in [0.05, 0.1) is 19.8 Å². The third kappa shape index (κ3) is 2.05. The predicted molar refractivity (Wildman–Crippen MR) is 56.5 cm³/mol. The number of aliphatic hydroxyl groups is 1. The largest absolute Gasteiger partial charge is 0.496 e. The van der Waals surface area contributed by atoms with Gasteiger partial charge < -0.3 is 15.6 Å². The van der Waals surface area contributed by atoms with Crippen molar-refractivity contribution >= 4 is 0 Å². The Bertz CT molecular complexity index is 323. The number of methoxy groups -OCH3 is 1. The van der Waals surface area contributed by atoms with Crippen molar-refractivity contribution in [1.29, 1.82) is 0 Å². The Morgan fingerprint density at radius 3 is 2.57 bits per heavy atom. The zero-order chi connectivity index (χ0) is 10.7. The van der Waals surface area contributed by atoms with Gasteiger partial charge in [-0.25, -0.2) is 0 Å². The molecule has 1 rings (SSSR count). The molecule has 3 N–H and O–H groups in total. The molecule has 0 saturated heterocycles. The molecule has 0 saturated carbocycles. The monoisotopic (exact) mass is 195 g/mol. The lowest BCUT2D eigenvalue weighted by Crippen LogP contribution is -2.14. The molecule has 1 aromatic rings. The van der Waals surface area contributed by atoms with E-state index in [9.17, 15) is 0 Å². The predicted octanol–water partition coefficient (Wildman–Crippen LogP) is 1.30. The van der Waals surface area contributed by atoms with Crippen molar-refractivity contribution in [3.63, 3.8) is 0 Å². The highest BCUT2D eigenvalue weighted by Crippen LogP contribution is 2.25. The summed E-state index contributed by atoms with van der Waals surface area (Å²) in [5.41, 5.74) is 8.88. The first-order chi connectivity index (χ1) is 6.60. The van der Waals surface area contributed by atoms with E-state index in [1.54, 1.807) is 7.11 Å². The number of hydrogen-bond donors (Lipinski definition) is 2. The molecule has 0 fully saturated rings. The molecule has 0 aliphatic rings. The van der Waals surface area contributed by atoms with Gasteiger partial charge in [-0.3, -0.25) is 0 Å². The summed E-state index contributed by atoms with van der Waals surface area (Å²) in [4.78, 5) is 0. The Kier molecular flexibility index (Phi) is 3.49. The highest BCUT2D eigenvalue weighted by Gasteiger charge is 2.09. The number of nitrogens with two attached hydrogens (primary N) is 1. The molecule has 3 heteroatoms. The van der Waals surface area contributed by atoms with Gasteiger partial charge in [-0.1, -0.05) is 6.07 Å². The van der Waals surface area contributed by atoms with Crippen LogP contribution in [0.2, 0.25) is 0 Å². The molecule has 0 aliphatic carbocycles. The minimum Gasteiger partial charge on any atom is -0.496 e. The first-order valence-corrected chi connectivity index (χ1v) is 4.61. The summed E-state index contributed by atoms with van der Waals surface area (Å²) in [5.74, 6) is 0.823. The molecule has 0 amide bonds. The number of aryl methyl sites for hydroxylation is 1. The number of hydrogen-bond acceptors (Lipinski definition) is 3. The highest BCUT2D eigenvalue weighted by molar-refractivity contribution is 5.43. The lowest BCUT2D eigenvalue weighted by Gasteiger charge is -2.14. The van der Waals surface area contributed by atoms with Crippen LogP contribution in [0.3, 0.4) is 0 Å². The van der Waals surface area contributed by atoms with Crippen LogP contribution in [0.4, 0.5) is 0 Å². The van der Waals surface area contributed by atoms with E-state index in [1.807, 2.05) is 26.0 Å². The van der Waals surface area contributed by atoms with Crippen molar-refractivity contribution in [3.05, 3.63) is 28.8 Å². The first kappa shape index (κ1) is 11.0. The number of rotatable bonds is 3. The fraction of sp³-hybridized carbons (Fsp3) is 0.455. The highest BCUT2D eigenvalue weighted by atomic mass is 16.5. The molecule has 0 aliphatic heterocycles. The van der Waals surface area contributed by atoms with E-state index in [-0.39, 0.29) is 12.6 Å². The summed E-state index contributed by atoms with van der Waals surface area (Å²) in [6, 6.07) is 3.53. The van der Waals surface area contributed by atoms with Crippen molar-refractivity contribution in [2.24, 2.45) is 5.73 Å². The van der Waals surface area contributed by atoms with Crippen molar-refractivity contribution < 1.29 is 9.84 Å². The summed E-state index contributed by atoms with van der Waals surface area (Å²) >= 11 is 0. The molecule has 0 aromatic heterocycles. The summed E-state index contributed by atoms with van der Waals surface area (Å²) in [7, 11) is 1.63. The minimum absolute atomic E-state index is 0.0499. The van der Waals surface area contributed by atoms with E-state index in [0.717, 1.165) is 22.4 Å². The second kappa shape index (κ2) is 4.44. The normalized spacial score (nSPS) is 12.6. The maximum absolute atomic E-state index is 8.95. The molecule has 14 heavy (non-hydrogen) atoms. The van der Waals surface area contributed by atoms with Crippen LogP contribution in [-0.4, -0.2) is 18.8 Å². The van der Waals surface area contributed by atoms with Gasteiger partial charge in [0.25, 0.3) is 0 Å². The van der Waals surface area contributed by atoms with Gasteiger partial charge in [-0.05, 0) is 36.6 Å². The van der Waals surface area contributed by atoms with Crippen LogP contribution < -0.4 is 10.5 Å². The van der Waals surface area contributed by atoms with Crippen molar-refractivity contribution in [2.75, 3.05) is 13.7 Å². The van der Waals surface area contributed by atoms with Gasteiger partial charge in [-0.2, -0.15) is 0 Å². The fourth-order valence-corrected chi connectivity index (χ4v) is 1.39. The average molecular weight is 195 g/mol.